The molecule has 0 fully saturated rings. The number of amides is 1. The van der Waals surface area contributed by atoms with Crippen molar-refractivity contribution in [1.29, 1.82) is 0 Å². The third-order valence-corrected chi connectivity index (χ3v) is 1.75. The number of rotatable bonds is 2. The molecular formula is C10H13NO2. The average Bonchev–Trinajstić information content (AvgIpc) is 2.19. The molecule has 0 saturated carbocycles. The summed E-state index contributed by atoms with van der Waals surface area (Å²) in [6.07, 6.45) is 0.546. The van der Waals surface area contributed by atoms with Crippen LogP contribution in [-0.4, -0.2) is 13.1 Å². The molecule has 1 aromatic rings. The second-order valence-corrected chi connectivity index (χ2v) is 2.64. The molecule has 0 aliphatic heterocycles. The highest BCUT2D eigenvalue weighted by molar-refractivity contribution is 5.69. The SMILES string of the molecule is CCc1ccc(OC(=O)NC)cc1. The van der Waals surface area contributed by atoms with E-state index in [2.05, 4.69) is 12.2 Å². The largest absolute Gasteiger partial charge is 0.412 e. The van der Waals surface area contributed by atoms with Gasteiger partial charge in [0.25, 0.3) is 0 Å². The molecule has 3 heteroatoms. The first kappa shape index (κ1) is 9.58. The Morgan fingerprint density at radius 3 is 2.46 bits per heavy atom. The van der Waals surface area contributed by atoms with Gasteiger partial charge in [0.15, 0.2) is 0 Å². The van der Waals surface area contributed by atoms with E-state index in [9.17, 15) is 4.79 Å². The molecule has 1 amide bonds. The van der Waals surface area contributed by atoms with Gasteiger partial charge in [-0.15, -0.1) is 0 Å². The van der Waals surface area contributed by atoms with Gasteiger partial charge < -0.3 is 10.1 Å². The number of carbonyl (C=O) groups is 1. The lowest BCUT2D eigenvalue weighted by Crippen LogP contribution is -2.21. The molecule has 0 unspecified atom stereocenters. The van der Waals surface area contributed by atoms with Crippen molar-refractivity contribution in [3.05, 3.63) is 29.8 Å². The van der Waals surface area contributed by atoms with Crippen molar-refractivity contribution < 1.29 is 9.53 Å². The molecule has 0 radical (unpaired) electrons. The van der Waals surface area contributed by atoms with E-state index in [4.69, 9.17) is 4.74 Å². The Hall–Kier alpha value is -1.51. The van der Waals surface area contributed by atoms with E-state index in [1.54, 1.807) is 12.1 Å². The highest BCUT2D eigenvalue weighted by Crippen LogP contribution is 2.12. The highest BCUT2D eigenvalue weighted by Gasteiger charge is 1.99. The molecule has 0 heterocycles. The van der Waals surface area contributed by atoms with Crippen LogP contribution in [-0.2, 0) is 6.42 Å². The van der Waals surface area contributed by atoms with Crippen molar-refractivity contribution in [2.45, 2.75) is 13.3 Å². The lowest BCUT2D eigenvalue weighted by molar-refractivity contribution is 0.203. The van der Waals surface area contributed by atoms with Gasteiger partial charge in [-0.05, 0) is 24.1 Å². The zero-order valence-corrected chi connectivity index (χ0v) is 7.83. The number of benzene rings is 1. The van der Waals surface area contributed by atoms with Gasteiger partial charge in [0.1, 0.15) is 5.75 Å². The van der Waals surface area contributed by atoms with Gasteiger partial charge in [-0.25, -0.2) is 4.79 Å². The van der Waals surface area contributed by atoms with E-state index < -0.39 is 6.09 Å². The van der Waals surface area contributed by atoms with E-state index in [1.807, 2.05) is 12.1 Å². The van der Waals surface area contributed by atoms with Gasteiger partial charge in [-0.2, -0.15) is 0 Å². The first-order valence-electron chi connectivity index (χ1n) is 4.24. The van der Waals surface area contributed by atoms with Gasteiger partial charge in [0, 0.05) is 7.05 Å². The number of hydrogen-bond acceptors (Lipinski definition) is 2. The first-order chi connectivity index (χ1) is 6.26. The van der Waals surface area contributed by atoms with Crippen LogP contribution in [0, 0.1) is 0 Å². The summed E-state index contributed by atoms with van der Waals surface area (Å²) in [7, 11) is 1.53. The van der Waals surface area contributed by atoms with E-state index >= 15 is 0 Å². The monoisotopic (exact) mass is 179 g/mol. The molecular weight excluding hydrogens is 166 g/mol. The Labute approximate surface area is 77.7 Å². The fourth-order valence-corrected chi connectivity index (χ4v) is 0.951. The highest BCUT2D eigenvalue weighted by atomic mass is 16.5. The van der Waals surface area contributed by atoms with Crippen LogP contribution in [0.2, 0.25) is 0 Å². The van der Waals surface area contributed by atoms with Crippen molar-refractivity contribution in [2.24, 2.45) is 0 Å². The number of ether oxygens (including phenoxy) is 1. The van der Waals surface area contributed by atoms with Crippen molar-refractivity contribution in [3.63, 3.8) is 0 Å². The molecule has 1 rings (SSSR count). The van der Waals surface area contributed by atoms with Crippen LogP contribution in [0.5, 0.6) is 5.75 Å². The van der Waals surface area contributed by atoms with Crippen LogP contribution in [0.1, 0.15) is 12.5 Å². The minimum atomic E-state index is -0.441. The molecule has 13 heavy (non-hydrogen) atoms. The molecule has 0 aromatic heterocycles. The third-order valence-electron chi connectivity index (χ3n) is 1.75. The molecule has 3 nitrogen and oxygen atoms in total. The number of nitrogens with one attached hydrogen (secondary N) is 1. The summed E-state index contributed by atoms with van der Waals surface area (Å²) < 4.78 is 4.91. The smallest absolute Gasteiger partial charge is 0.410 e. The van der Waals surface area contributed by atoms with Gasteiger partial charge in [-0.1, -0.05) is 19.1 Å². The summed E-state index contributed by atoms with van der Waals surface area (Å²) in [5, 5.41) is 2.38. The van der Waals surface area contributed by atoms with Gasteiger partial charge in [0.2, 0.25) is 0 Å². The van der Waals surface area contributed by atoms with E-state index in [0.717, 1.165) is 6.42 Å². The molecule has 0 spiro atoms. The van der Waals surface area contributed by atoms with Gasteiger partial charge in [0.05, 0.1) is 0 Å². The molecule has 1 aromatic carbocycles. The quantitative estimate of drug-likeness (QED) is 0.753. The maximum atomic E-state index is 10.8. The van der Waals surface area contributed by atoms with Crippen LogP contribution in [0.4, 0.5) is 4.79 Å². The molecule has 70 valence electrons. The summed E-state index contributed by atoms with van der Waals surface area (Å²) in [6.45, 7) is 2.08. The second kappa shape index (κ2) is 4.50. The predicted molar refractivity (Wildman–Crippen MR) is 50.9 cm³/mol. The Bertz CT molecular complexity index is 279. The van der Waals surface area contributed by atoms with Gasteiger partial charge >= 0.3 is 6.09 Å². The summed E-state index contributed by atoms with van der Waals surface area (Å²) >= 11 is 0. The fourth-order valence-electron chi connectivity index (χ4n) is 0.951. The van der Waals surface area contributed by atoms with Crippen molar-refractivity contribution in [1.82, 2.24) is 5.32 Å². The van der Waals surface area contributed by atoms with Crippen molar-refractivity contribution in [2.75, 3.05) is 7.05 Å². The summed E-state index contributed by atoms with van der Waals surface area (Å²) in [5.74, 6) is 0.566. The Morgan fingerprint density at radius 1 is 1.38 bits per heavy atom. The lowest BCUT2D eigenvalue weighted by Gasteiger charge is -2.03. The van der Waals surface area contributed by atoms with Gasteiger partial charge in [-0.3, -0.25) is 0 Å². The number of aryl methyl sites for hydroxylation is 1. The third kappa shape index (κ3) is 2.78. The number of hydrogen-bond donors (Lipinski definition) is 1. The van der Waals surface area contributed by atoms with E-state index in [0.29, 0.717) is 5.75 Å². The summed E-state index contributed by atoms with van der Waals surface area (Å²) in [5.41, 5.74) is 1.23. The van der Waals surface area contributed by atoms with E-state index in [1.165, 1.54) is 12.6 Å². The maximum absolute atomic E-state index is 10.8. The second-order valence-electron chi connectivity index (χ2n) is 2.64. The van der Waals surface area contributed by atoms with Crippen molar-refractivity contribution in [3.8, 4) is 5.75 Å². The fraction of sp³-hybridized carbons (Fsp3) is 0.300. The Morgan fingerprint density at radius 2 is 2.00 bits per heavy atom. The summed E-state index contributed by atoms with van der Waals surface area (Å²) in [6, 6.07) is 7.46. The Balaban J connectivity index is 2.64. The minimum absolute atomic E-state index is 0.441. The standard InChI is InChI=1S/C10H13NO2/c1-3-8-4-6-9(7-5-8)13-10(12)11-2/h4-7H,3H2,1-2H3,(H,11,12). The van der Waals surface area contributed by atoms with Crippen LogP contribution >= 0.6 is 0 Å². The normalized spacial score (nSPS) is 9.38. The van der Waals surface area contributed by atoms with Crippen LogP contribution in [0.3, 0.4) is 0 Å². The van der Waals surface area contributed by atoms with Crippen LogP contribution in [0.25, 0.3) is 0 Å². The topological polar surface area (TPSA) is 38.3 Å². The molecule has 0 saturated heterocycles. The number of carbonyl (C=O) groups excluding carboxylic acids is 1. The average molecular weight is 179 g/mol. The zero-order valence-electron chi connectivity index (χ0n) is 7.83. The summed E-state index contributed by atoms with van der Waals surface area (Å²) in [4.78, 5) is 10.8. The predicted octanol–water partition coefficient (Wildman–Crippen LogP) is 1.97. The lowest BCUT2D eigenvalue weighted by atomic mass is 10.2. The minimum Gasteiger partial charge on any atom is -0.410 e. The molecule has 0 bridgehead atoms. The maximum Gasteiger partial charge on any atom is 0.412 e. The van der Waals surface area contributed by atoms with Crippen molar-refractivity contribution >= 4 is 6.09 Å². The van der Waals surface area contributed by atoms with Crippen LogP contribution < -0.4 is 10.1 Å². The van der Waals surface area contributed by atoms with Crippen LogP contribution in [0.15, 0.2) is 24.3 Å². The first-order valence-corrected chi connectivity index (χ1v) is 4.24. The zero-order chi connectivity index (χ0) is 9.68. The molecule has 0 atom stereocenters. The molecule has 0 aliphatic carbocycles. The van der Waals surface area contributed by atoms with E-state index in [-0.39, 0.29) is 0 Å². The Kier molecular flexibility index (Phi) is 3.31. The molecule has 0 aliphatic rings. The molecule has 1 N–H and O–H groups in total.